The average Bonchev–Trinajstić information content (AvgIpc) is 3.07. The van der Waals surface area contributed by atoms with Gasteiger partial charge < -0.3 is 35.2 Å². The molecule has 2 rings (SSSR count). The first-order valence-corrected chi connectivity index (χ1v) is 8.74. The van der Waals surface area contributed by atoms with Gasteiger partial charge in [-0.25, -0.2) is 0 Å². The van der Waals surface area contributed by atoms with E-state index in [4.69, 9.17) is 24.8 Å². The van der Waals surface area contributed by atoms with Gasteiger partial charge in [0, 0.05) is 12.5 Å². The first-order valence-electron chi connectivity index (χ1n) is 7.86. The van der Waals surface area contributed by atoms with Gasteiger partial charge in [0.15, 0.2) is 12.0 Å². The van der Waals surface area contributed by atoms with Crippen LogP contribution in [-0.2, 0) is 14.3 Å². The lowest BCUT2D eigenvalue weighted by molar-refractivity contribution is -0.115. The van der Waals surface area contributed by atoms with Crippen LogP contribution in [0.2, 0.25) is 0 Å². The molecule has 1 saturated heterocycles. The highest BCUT2D eigenvalue weighted by Gasteiger charge is 2.37. The van der Waals surface area contributed by atoms with Crippen LogP contribution in [0.4, 0.5) is 0 Å². The SMILES string of the molecule is O=C(N[C@H]1CC[C@@H](CC(O)O)OB1O)/C(=N\OCCO)c1cccs1. The molecule has 0 unspecified atom stereocenters. The van der Waals surface area contributed by atoms with E-state index < -0.39 is 31.4 Å². The average molecular weight is 372 g/mol. The van der Waals surface area contributed by atoms with Gasteiger partial charge in [-0.2, -0.15) is 0 Å². The predicted octanol–water partition coefficient (Wildman–Crippen LogP) is -1.15. The summed E-state index contributed by atoms with van der Waals surface area (Å²) < 4.78 is 5.30. The van der Waals surface area contributed by atoms with Gasteiger partial charge in [0.05, 0.1) is 17.4 Å². The minimum Gasteiger partial charge on any atom is -0.426 e. The van der Waals surface area contributed by atoms with Gasteiger partial charge in [0.25, 0.3) is 5.91 Å². The second-order valence-electron chi connectivity index (χ2n) is 5.50. The molecule has 2 atom stereocenters. The summed E-state index contributed by atoms with van der Waals surface area (Å²) in [6.07, 6.45) is -1.12. The van der Waals surface area contributed by atoms with Gasteiger partial charge >= 0.3 is 7.12 Å². The number of rotatable bonds is 8. The zero-order chi connectivity index (χ0) is 18.2. The van der Waals surface area contributed by atoms with Crippen LogP contribution in [0.25, 0.3) is 0 Å². The van der Waals surface area contributed by atoms with Crippen molar-refractivity contribution in [2.45, 2.75) is 37.6 Å². The lowest BCUT2D eigenvalue weighted by Crippen LogP contribution is -2.54. The summed E-state index contributed by atoms with van der Waals surface area (Å²) in [5.41, 5.74) is 0.0450. The van der Waals surface area contributed by atoms with Crippen molar-refractivity contribution in [2.75, 3.05) is 13.2 Å². The predicted molar refractivity (Wildman–Crippen MR) is 90.7 cm³/mol. The number of nitrogens with zero attached hydrogens (tertiary/aromatic N) is 1. The second kappa shape index (κ2) is 9.85. The van der Waals surface area contributed by atoms with Gasteiger partial charge in [0.1, 0.15) is 6.61 Å². The van der Waals surface area contributed by atoms with Crippen LogP contribution in [0.1, 0.15) is 24.1 Å². The normalized spacial score (nSPS) is 21.5. The van der Waals surface area contributed by atoms with Gasteiger partial charge in [0.2, 0.25) is 0 Å². The second-order valence-corrected chi connectivity index (χ2v) is 6.44. The fourth-order valence-corrected chi connectivity index (χ4v) is 3.12. The Kier molecular flexibility index (Phi) is 7.81. The summed E-state index contributed by atoms with van der Waals surface area (Å²) in [4.78, 5) is 18.0. The standard InChI is InChI=1S/C14H21BN2O7S/c18-5-6-23-17-13(10-2-1-7-25-10)14(21)16-11-4-3-9(8-12(19)20)24-15(11)22/h1-2,7,9,11-12,18-20,22H,3-6,8H2,(H,16,21)/b17-13-/t9-,11-/m0/s1. The van der Waals surface area contributed by atoms with E-state index in [0.717, 1.165) is 0 Å². The highest BCUT2D eigenvalue weighted by molar-refractivity contribution is 7.13. The fourth-order valence-electron chi connectivity index (χ4n) is 2.42. The van der Waals surface area contributed by atoms with Crippen molar-refractivity contribution in [1.29, 1.82) is 0 Å². The molecule has 1 amide bonds. The monoisotopic (exact) mass is 372 g/mol. The van der Waals surface area contributed by atoms with E-state index in [1.54, 1.807) is 17.5 Å². The highest BCUT2D eigenvalue weighted by Crippen LogP contribution is 2.20. The summed E-state index contributed by atoms with van der Waals surface area (Å²) >= 11 is 1.30. The number of aliphatic hydroxyl groups excluding tert-OH is 2. The minimum absolute atomic E-state index is 0.00533. The lowest BCUT2D eigenvalue weighted by atomic mass is 9.72. The Morgan fingerprint density at radius 2 is 2.32 bits per heavy atom. The van der Waals surface area contributed by atoms with E-state index in [1.807, 2.05) is 0 Å². The molecule has 1 aliphatic rings. The molecule has 0 saturated carbocycles. The molecule has 2 heterocycles. The van der Waals surface area contributed by atoms with Crippen LogP contribution in [0.3, 0.4) is 0 Å². The van der Waals surface area contributed by atoms with Gasteiger partial charge in [-0.3, -0.25) is 4.79 Å². The molecule has 25 heavy (non-hydrogen) atoms. The van der Waals surface area contributed by atoms with Crippen LogP contribution in [0, 0.1) is 0 Å². The molecule has 0 aromatic carbocycles. The van der Waals surface area contributed by atoms with Crippen molar-refractivity contribution in [3.05, 3.63) is 22.4 Å². The summed E-state index contributed by atoms with van der Waals surface area (Å²) in [7, 11) is -1.26. The molecule has 11 heteroatoms. The Morgan fingerprint density at radius 1 is 1.52 bits per heavy atom. The van der Waals surface area contributed by atoms with Crippen LogP contribution in [0.15, 0.2) is 22.7 Å². The number of amides is 1. The minimum atomic E-state index is -1.51. The molecule has 0 radical (unpaired) electrons. The number of carbonyl (C=O) groups is 1. The number of nitrogens with one attached hydrogen (secondary N) is 1. The molecule has 1 fully saturated rings. The zero-order valence-electron chi connectivity index (χ0n) is 13.4. The molecule has 1 aromatic heterocycles. The van der Waals surface area contributed by atoms with Crippen molar-refractivity contribution in [3.8, 4) is 0 Å². The molecular formula is C14H21BN2O7S. The number of hydrogen-bond donors (Lipinski definition) is 5. The molecule has 0 aliphatic carbocycles. The number of oxime groups is 1. The first kappa shape index (κ1) is 19.8. The molecule has 5 N–H and O–H groups in total. The third-order valence-electron chi connectivity index (χ3n) is 3.57. The number of aliphatic hydroxyl groups is 3. The third kappa shape index (κ3) is 6.06. The molecule has 9 nitrogen and oxygen atoms in total. The van der Waals surface area contributed by atoms with Crippen molar-refractivity contribution < 1.29 is 34.6 Å². The first-order chi connectivity index (χ1) is 12.0. The molecule has 1 aromatic rings. The molecule has 138 valence electrons. The molecule has 1 aliphatic heterocycles. The Bertz CT molecular complexity index is 570. The quantitative estimate of drug-likeness (QED) is 0.128. The topological polar surface area (TPSA) is 141 Å². The molecular weight excluding hydrogens is 351 g/mol. The Hall–Kier alpha value is -1.50. The van der Waals surface area contributed by atoms with E-state index >= 15 is 0 Å². The fraction of sp³-hybridized carbons (Fsp3) is 0.571. The van der Waals surface area contributed by atoms with Crippen LogP contribution >= 0.6 is 11.3 Å². The maximum absolute atomic E-state index is 12.5. The van der Waals surface area contributed by atoms with Gasteiger partial charge in [-0.15, -0.1) is 11.3 Å². The summed E-state index contributed by atoms with van der Waals surface area (Å²) in [5.74, 6) is -1.18. The molecule has 0 spiro atoms. The largest absolute Gasteiger partial charge is 0.478 e. The summed E-state index contributed by atoms with van der Waals surface area (Å²) in [5, 5.41) is 44.9. The highest BCUT2D eigenvalue weighted by atomic mass is 32.1. The van der Waals surface area contributed by atoms with E-state index in [9.17, 15) is 9.82 Å². The number of carbonyl (C=O) groups excluding carboxylic acids is 1. The van der Waals surface area contributed by atoms with Gasteiger partial charge in [-0.1, -0.05) is 11.2 Å². The smallest absolute Gasteiger partial charge is 0.426 e. The Labute approximate surface area is 149 Å². The third-order valence-corrected chi connectivity index (χ3v) is 4.45. The van der Waals surface area contributed by atoms with Crippen LogP contribution < -0.4 is 5.32 Å². The summed E-state index contributed by atoms with van der Waals surface area (Å²) in [6, 6.07) is 3.47. The Morgan fingerprint density at radius 3 is 2.92 bits per heavy atom. The van der Waals surface area contributed by atoms with Gasteiger partial charge in [-0.05, 0) is 24.3 Å². The van der Waals surface area contributed by atoms with Crippen LogP contribution in [0.5, 0.6) is 0 Å². The number of thiophene rings is 1. The maximum Gasteiger partial charge on any atom is 0.478 e. The van der Waals surface area contributed by atoms with E-state index in [2.05, 4.69) is 10.5 Å². The van der Waals surface area contributed by atoms with Crippen molar-refractivity contribution in [1.82, 2.24) is 5.32 Å². The molecule has 0 bridgehead atoms. The van der Waals surface area contributed by atoms with E-state index in [0.29, 0.717) is 17.7 Å². The Balaban J connectivity index is 1.97. The zero-order valence-corrected chi connectivity index (χ0v) is 14.3. The van der Waals surface area contributed by atoms with E-state index in [1.165, 1.54) is 11.3 Å². The van der Waals surface area contributed by atoms with Crippen molar-refractivity contribution in [3.63, 3.8) is 0 Å². The van der Waals surface area contributed by atoms with Crippen molar-refractivity contribution in [2.24, 2.45) is 5.16 Å². The van der Waals surface area contributed by atoms with Crippen molar-refractivity contribution >= 4 is 30.1 Å². The summed E-state index contributed by atoms with van der Waals surface area (Å²) in [6.45, 7) is -0.265. The lowest BCUT2D eigenvalue weighted by Gasteiger charge is -2.31. The maximum atomic E-state index is 12.5. The van der Waals surface area contributed by atoms with E-state index in [-0.39, 0.29) is 25.3 Å². The number of hydrogen-bond acceptors (Lipinski definition) is 9. The van der Waals surface area contributed by atoms with Crippen LogP contribution in [-0.4, -0.2) is 70.6 Å².